The van der Waals surface area contributed by atoms with Crippen LogP contribution in [0.2, 0.25) is 0 Å². The second-order valence-corrected chi connectivity index (χ2v) is 4.87. The van der Waals surface area contributed by atoms with E-state index in [0.717, 1.165) is 4.47 Å². The first-order valence-corrected chi connectivity index (χ1v) is 6.88. The zero-order chi connectivity index (χ0) is 13.4. The number of ether oxygens (including phenoxy) is 1. The van der Waals surface area contributed by atoms with E-state index >= 15 is 0 Å². The van der Waals surface area contributed by atoms with Gasteiger partial charge < -0.3 is 15.2 Å². The van der Waals surface area contributed by atoms with E-state index in [9.17, 15) is 9.90 Å². The summed E-state index contributed by atoms with van der Waals surface area (Å²) >= 11 is 8.70. The number of carbonyl (C=O) groups is 1. The quantitative estimate of drug-likeness (QED) is 0.594. The molecule has 0 saturated heterocycles. The van der Waals surface area contributed by atoms with Crippen LogP contribution in [0.3, 0.4) is 0 Å². The summed E-state index contributed by atoms with van der Waals surface area (Å²) in [6, 6.07) is 4.73. The molecule has 0 saturated carbocycles. The van der Waals surface area contributed by atoms with Crippen molar-refractivity contribution in [2.75, 3.05) is 25.6 Å². The molecule has 0 aliphatic heterocycles. The lowest BCUT2D eigenvalue weighted by Crippen LogP contribution is -2.25. The van der Waals surface area contributed by atoms with Crippen LogP contribution in [0.15, 0.2) is 22.7 Å². The normalized spacial score (nSPS) is 10.3. The molecule has 0 aliphatic carbocycles. The van der Waals surface area contributed by atoms with Gasteiger partial charge in [-0.25, -0.2) is 0 Å². The van der Waals surface area contributed by atoms with Gasteiger partial charge in [0.25, 0.3) is 5.91 Å². The Hall–Kier alpha value is -0.780. The minimum absolute atomic E-state index is 0.0332. The monoisotopic (exact) mass is 335 g/mol. The lowest BCUT2D eigenvalue weighted by atomic mass is 10.2. The first kappa shape index (κ1) is 15.3. The highest BCUT2D eigenvalue weighted by Gasteiger charge is 2.10. The maximum absolute atomic E-state index is 11.8. The average molecular weight is 337 g/mol. The van der Waals surface area contributed by atoms with Crippen molar-refractivity contribution in [3.63, 3.8) is 0 Å². The Morgan fingerprint density at radius 1 is 1.44 bits per heavy atom. The number of aromatic hydroxyl groups is 1. The molecule has 100 valence electrons. The molecule has 1 aromatic rings. The average Bonchev–Trinajstić information content (AvgIpc) is 2.36. The molecule has 0 atom stereocenters. The summed E-state index contributed by atoms with van der Waals surface area (Å²) < 4.78 is 5.92. The predicted octanol–water partition coefficient (Wildman–Crippen LogP) is 2.53. The Balaban J connectivity index is 2.34. The van der Waals surface area contributed by atoms with Gasteiger partial charge in [-0.15, -0.1) is 11.6 Å². The maximum atomic E-state index is 11.8. The molecular weight excluding hydrogens is 321 g/mol. The third-order valence-electron chi connectivity index (χ3n) is 2.18. The molecule has 0 unspecified atom stereocenters. The number of halogens is 2. The molecule has 0 heterocycles. The lowest BCUT2D eigenvalue weighted by Gasteiger charge is -2.07. The molecular formula is C12H15BrClNO3. The fourth-order valence-corrected chi connectivity index (χ4v) is 1.79. The number of hydrogen-bond acceptors (Lipinski definition) is 3. The van der Waals surface area contributed by atoms with Gasteiger partial charge in [-0.2, -0.15) is 0 Å². The first-order valence-electron chi connectivity index (χ1n) is 5.55. The Bertz CT molecular complexity index is 401. The highest BCUT2D eigenvalue weighted by Crippen LogP contribution is 2.21. The number of phenols is 1. The third kappa shape index (κ3) is 5.25. The molecule has 0 spiro atoms. The van der Waals surface area contributed by atoms with Crippen LogP contribution < -0.4 is 5.32 Å². The Labute approximate surface area is 119 Å². The second-order valence-electron chi connectivity index (χ2n) is 3.57. The topological polar surface area (TPSA) is 58.6 Å². The lowest BCUT2D eigenvalue weighted by molar-refractivity contribution is 0.0942. The number of amides is 1. The Morgan fingerprint density at radius 2 is 2.22 bits per heavy atom. The Morgan fingerprint density at radius 3 is 2.94 bits per heavy atom. The summed E-state index contributed by atoms with van der Waals surface area (Å²) in [6.45, 7) is 1.56. The highest BCUT2D eigenvalue weighted by molar-refractivity contribution is 9.10. The molecule has 2 N–H and O–H groups in total. The number of rotatable bonds is 7. The number of alkyl halides is 1. The molecule has 1 amide bonds. The second kappa shape index (κ2) is 8.34. The van der Waals surface area contributed by atoms with Gasteiger partial charge in [0.2, 0.25) is 0 Å². The molecule has 4 nitrogen and oxygen atoms in total. The van der Waals surface area contributed by atoms with E-state index in [0.29, 0.717) is 32.1 Å². The summed E-state index contributed by atoms with van der Waals surface area (Å²) in [5.74, 6) is 0.137. The summed E-state index contributed by atoms with van der Waals surface area (Å²) in [5.41, 5.74) is 0.256. The van der Waals surface area contributed by atoms with Crippen molar-refractivity contribution < 1.29 is 14.6 Å². The van der Waals surface area contributed by atoms with E-state index in [1.54, 1.807) is 12.1 Å². The van der Waals surface area contributed by atoms with Gasteiger partial charge in [0.05, 0.1) is 12.2 Å². The number of benzene rings is 1. The fourth-order valence-electron chi connectivity index (χ4n) is 1.32. The summed E-state index contributed by atoms with van der Waals surface area (Å²) in [4.78, 5) is 11.8. The maximum Gasteiger partial charge on any atom is 0.255 e. The summed E-state index contributed by atoms with van der Waals surface area (Å²) in [6.07, 6.45) is 0.706. The number of carbonyl (C=O) groups excluding carboxylic acids is 1. The van der Waals surface area contributed by atoms with Gasteiger partial charge in [-0.3, -0.25) is 4.79 Å². The van der Waals surface area contributed by atoms with Gasteiger partial charge in [0.1, 0.15) is 5.75 Å². The van der Waals surface area contributed by atoms with Gasteiger partial charge in [-0.05, 0) is 24.6 Å². The smallest absolute Gasteiger partial charge is 0.255 e. The minimum atomic E-state index is -0.300. The molecule has 0 bridgehead atoms. The van der Waals surface area contributed by atoms with E-state index < -0.39 is 0 Å². The van der Waals surface area contributed by atoms with Gasteiger partial charge >= 0.3 is 0 Å². The fraction of sp³-hybridized carbons (Fsp3) is 0.417. The van der Waals surface area contributed by atoms with E-state index in [1.807, 2.05) is 0 Å². The van der Waals surface area contributed by atoms with Crippen molar-refractivity contribution >= 4 is 33.4 Å². The predicted molar refractivity (Wildman–Crippen MR) is 74.3 cm³/mol. The van der Waals surface area contributed by atoms with Crippen molar-refractivity contribution in [2.24, 2.45) is 0 Å². The van der Waals surface area contributed by atoms with Crippen LogP contribution in [0.4, 0.5) is 0 Å². The molecule has 0 aromatic heterocycles. The van der Waals surface area contributed by atoms with Crippen molar-refractivity contribution in [2.45, 2.75) is 6.42 Å². The van der Waals surface area contributed by atoms with Crippen LogP contribution in [-0.2, 0) is 4.74 Å². The third-order valence-corrected chi connectivity index (χ3v) is 2.82. The van der Waals surface area contributed by atoms with Crippen LogP contribution in [0, 0.1) is 0 Å². The standard InChI is InChI=1S/C12H15BrClNO3/c13-9-2-3-11(16)10(8-9)12(17)15-5-1-6-18-7-4-14/h2-3,8,16H,1,4-7H2,(H,15,17). The van der Waals surface area contributed by atoms with Crippen molar-refractivity contribution in [3.8, 4) is 5.75 Å². The van der Waals surface area contributed by atoms with Gasteiger partial charge in [-0.1, -0.05) is 15.9 Å². The number of hydrogen-bond donors (Lipinski definition) is 2. The molecule has 0 aliphatic rings. The van der Waals surface area contributed by atoms with Crippen LogP contribution in [0.1, 0.15) is 16.8 Å². The first-order chi connectivity index (χ1) is 8.65. The van der Waals surface area contributed by atoms with E-state index in [-0.39, 0.29) is 17.2 Å². The Kier molecular flexibility index (Phi) is 7.08. The van der Waals surface area contributed by atoms with E-state index in [2.05, 4.69) is 21.2 Å². The van der Waals surface area contributed by atoms with Crippen LogP contribution in [-0.4, -0.2) is 36.7 Å². The molecule has 1 rings (SSSR count). The number of nitrogens with one attached hydrogen (secondary N) is 1. The van der Waals surface area contributed by atoms with Crippen LogP contribution in [0.5, 0.6) is 5.75 Å². The molecule has 6 heteroatoms. The molecule has 0 radical (unpaired) electrons. The van der Waals surface area contributed by atoms with E-state index in [4.69, 9.17) is 16.3 Å². The van der Waals surface area contributed by atoms with Crippen LogP contribution in [0.25, 0.3) is 0 Å². The van der Waals surface area contributed by atoms with Gasteiger partial charge in [0.15, 0.2) is 0 Å². The highest BCUT2D eigenvalue weighted by atomic mass is 79.9. The zero-order valence-electron chi connectivity index (χ0n) is 9.79. The van der Waals surface area contributed by atoms with Crippen molar-refractivity contribution in [1.82, 2.24) is 5.32 Å². The van der Waals surface area contributed by atoms with Crippen molar-refractivity contribution in [3.05, 3.63) is 28.2 Å². The van der Waals surface area contributed by atoms with E-state index in [1.165, 1.54) is 6.07 Å². The minimum Gasteiger partial charge on any atom is -0.507 e. The van der Waals surface area contributed by atoms with Gasteiger partial charge in [0, 0.05) is 23.5 Å². The largest absolute Gasteiger partial charge is 0.507 e. The molecule has 1 aromatic carbocycles. The molecule has 18 heavy (non-hydrogen) atoms. The van der Waals surface area contributed by atoms with Crippen LogP contribution >= 0.6 is 27.5 Å². The number of phenolic OH excluding ortho intramolecular Hbond substituents is 1. The SMILES string of the molecule is O=C(NCCCOCCCl)c1cc(Br)ccc1O. The summed E-state index contributed by atoms with van der Waals surface area (Å²) in [7, 11) is 0. The zero-order valence-corrected chi connectivity index (χ0v) is 12.1. The van der Waals surface area contributed by atoms with Crippen molar-refractivity contribution in [1.29, 1.82) is 0 Å². The molecule has 0 fully saturated rings. The summed E-state index contributed by atoms with van der Waals surface area (Å²) in [5, 5.41) is 12.3.